The Balaban J connectivity index is 2.38. The van der Waals surface area contributed by atoms with E-state index in [-0.39, 0.29) is 5.97 Å². The van der Waals surface area contributed by atoms with Crippen LogP contribution in [0.2, 0.25) is 0 Å². The Morgan fingerprint density at radius 3 is 2.35 bits per heavy atom. The molecule has 0 fully saturated rings. The van der Waals surface area contributed by atoms with Crippen molar-refractivity contribution in [2.75, 3.05) is 12.4 Å². The summed E-state index contributed by atoms with van der Waals surface area (Å²) < 4.78 is 5.91. The zero-order valence-electron chi connectivity index (χ0n) is 11.3. The Hall–Kier alpha value is -1.88. The van der Waals surface area contributed by atoms with Crippen molar-refractivity contribution in [3.8, 4) is 0 Å². The van der Waals surface area contributed by atoms with Gasteiger partial charge in [0, 0.05) is 22.6 Å². The summed E-state index contributed by atoms with van der Waals surface area (Å²) in [5.41, 5.74) is 0.658. The maximum Gasteiger partial charge on any atom is 0.335 e. The minimum atomic E-state index is -0.967. The molecule has 0 aliphatic carbocycles. The Morgan fingerprint density at radius 2 is 1.80 bits per heavy atom. The Bertz CT molecular complexity index is 587. The predicted molar refractivity (Wildman–Crippen MR) is 81.4 cm³/mol. The number of methoxy groups -OCH3 is 1. The molecule has 0 radical (unpaired) electrons. The summed E-state index contributed by atoms with van der Waals surface area (Å²) >= 11 is 3.38. The lowest BCUT2D eigenvalue weighted by molar-refractivity contribution is -0.145. The lowest BCUT2D eigenvalue weighted by Crippen LogP contribution is -2.41. The van der Waals surface area contributed by atoms with E-state index < -0.39 is 5.54 Å². The smallest absolute Gasteiger partial charge is 0.335 e. The van der Waals surface area contributed by atoms with Crippen LogP contribution < -0.4 is 5.32 Å². The van der Waals surface area contributed by atoms with Crippen LogP contribution in [0.15, 0.2) is 53.3 Å². The Morgan fingerprint density at radius 1 is 1.20 bits per heavy atom. The highest BCUT2D eigenvalue weighted by molar-refractivity contribution is 9.10. The number of ether oxygens (including phenoxy) is 1. The fraction of sp³-hybridized carbons (Fsp3) is 0.200. The summed E-state index contributed by atoms with van der Waals surface area (Å²) in [5, 5.41) is 3.23. The quantitative estimate of drug-likeness (QED) is 0.871. The second-order valence-corrected chi connectivity index (χ2v) is 5.40. The zero-order valence-corrected chi connectivity index (χ0v) is 12.8. The summed E-state index contributed by atoms with van der Waals surface area (Å²) in [6, 6.07) is 11.2. The zero-order chi connectivity index (χ0) is 14.6. The summed E-state index contributed by atoms with van der Waals surface area (Å²) in [7, 11) is 1.38. The third-order valence-electron chi connectivity index (χ3n) is 3.09. The van der Waals surface area contributed by atoms with Gasteiger partial charge in [0.2, 0.25) is 0 Å². The van der Waals surface area contributed by atoms with Crippen molar-refractivity contribution in [3.63, 3.8) is 0 Å². The summed E-state index contributed by atoms with van der Waals surface area (Å²) in [6.07, 6.45) is 3.31. The normalized spacial score (nSPS) is 13.3. The van der Waals surface area contributed by atoms with E-state index in [0.717, 1.165) is 15.7 Å². The number of hydrogen-bond acceptors (Lipinski definition) is 4. The molecule has 0 saturated heterocycles. The van der Waals surface area contributed by atoms with E-state index in [9.17, 15) is 4.79 Å². The molecule has 0 amide bonds. The van der Waals surface area contributed by atoms with E-state index in [4.69, 9.17) is 4.74 Å². The maximum atomic E-state index is 12.2. The third-order valence-corrected chi connectivity index (χ3v) is 3.62. The van der Waals surface area contributed by atoms with Gasteiger partial charge < -0.3 is 10.1 Å². The molecule has 104 valence electrons. The fourth-order valence-electron chi connectivity index (χ4n) is 1.95. The number of benzene rings is 1. The molecule has 1 unspecified atom stereocenters. The van der Waals surface area contributed by atoms with Crippen LogP contribution in [-0.2, 0) is 15.1 Å². The molecule has 0 aliphatic rings. The molecule has 0 bridgehead atoms. The summed E-state index contributed by atoms with van der Waals surface area (Å²) in [5.74, 6) is -0.355. The topological polar surface area (TPSA) is 51.2 Å². The van der Waals surface area contributed by atoms with Crippen molar-refractivity contribution in [1.29, 1.82) is 0 Å². The number of carbonyl (C=O) groups excluding carboxylic acids is 1. The number of pyridine rings is 1. The third kappa shape index (κ3) is 2.99. The number of carbonyl (C=O) groups is 1. The number of nitrogens with zero attached hydrogens (tertiary/aromatic N) is 1. The minimum absolute atomic E-state index is 0.355. The van der Waals surface area contributed by atoms with Gasteiger partial charge in [0.1, 0.15) is 0 Å². The van der Waals surface area contributed by atoms with Gasteiger partial charge in [-0.05, 0) is 48.9 Å². The van der Waals surface area contributed by atoms with Crippen LogP contribution in [0.25, 0.3) is 0 Å². The molecular weight excluding hydrogens is 320 g/mol. The lowest BCUT2D eigenvalue weighted by Gasteiger charge is -2.29. The molecule has 1 N–H and O–H groups in total. The van der Waals surface area contributed by atoms with Gasteiger partial charge in [-0.1, -0.05) is 15.9 Å². The van der Waals surface area contributed by atoms with Gasteiger partial charge in [-0.2, -0.15) is 0 Å². The van der Waals surface area contributed by atoms with Crippen molar-refractivity contribution in [2.45, 2.75) is 12.5 Å². The molecule has 2 rings (SSSR count). The summed E-state index contributed by atoms with van der Waals surface area (Å²) in [4.78, 5) is 16.2. The first kappa shape index (κ1) is 14.5. The van der Waals surface area contributed by atoms with Crippen LogP contribution in [0.3, 0.4) is 0 Å². The molecule has 0 saturated carbocycles. The first-order chi connectivity index (χ1) is 9.56. The van der Waals surface area contributed by atoms with Crippen molar-refractivity contribution in [3.05, 3.63) is 58.8 Å². The molecule has 1 aromatic heterocycles. The van der Waals surface area contributed by atoms with Gasteiger partial charge in [0.05, 0.1) is 7.11 Å². The van der Waals surface area contributed by atoms with E-state index in [1.54, 1.807) is 31.5 Å². The second kappa shape index (κ2) is 6.05. The monoisotopic (exact) mass is 334 g/mol. The van der Waals surface area contributed by atoms with Crippen LogP contribution in [0.1, 0.15) is 12.5 Å². The van der Waals surface area contributed by atoms with Crippen molar-refractivity contribution in [2.24, 2.45) is 0 Å². The van der Waals surface area contributed by atoms with Gasteiger partial charge in [-0.3, -0.25) is 4.98 Å². The van der Waals surface area contributed by atoms with Gasteiger partial charge in [0.15, 0.2) is 5.54 Å². The number of rotatable bonds is 4. The molecule has 2 aromatic rings. The van der Waals surface area contributed by atoms with Crippen molar-refractivity contribution >= 4 is 27.6 Å². The lowest BCUT2D eigenvalue weighted by atomic mass is 9.92. The number of halogens is 1. The van der Waals surface area contributed by atoms with Gasteiger partial charge >= 0.3 is 5.97 Å². The van der Waals surface area contributed by atoms with Crippen LogP contribution in [-0.4, -0.2) is 18.1 Å². The van der Waals surface area contributed by atoms with E-state index in [1.807, 2.05) is 24.3 Å². The van der Waals surface area contributed by atoms with E-state index in [1.165, 1.54) is 7.11 Å². The van der Waals surface area contributed by atoms with Crippen LogP contribution in [0.4, 0.5) is 5.69 Å². The molecule has 0 aliphatic heterocycles. The Kier molecular flexibility index (Phi) is 4.39. The minimum Gasteiger partial charge on any atom is -0.467 e. The fourth-order valence-corrected chi connectivity index (χ4v) is 2.22. The molecule has 1 atom stereocenters. The predicted octanol–water partition coefficient (Wildman–Crippen LogP) is 3.34. The van der Waals surface area contributed by atoms with E-state index in [0.29, 0.717) is 0 Å². The van der Waals surface area contributed by atoms with Gasteiger partial charge in [-0.15, -0.1) is 0 Å². The van der Waals surface area contributed by atoms with E-state index in [2.05, 4.69) is 26.2 Å². The highest BCUT2D eigenvalue weighted by Gasteiger charge is 2.36. The van der Waals surface area contributed by atoms with Gasteiger partial charge in [0.25, 0.3) is 0 Å². The van der Waals surface area contributed by atoms with Gasteiger partial charge in [-0.25, -0.2) is 4.79 Å². The molecule has 4 nitrogen and oxygen atoms in total. The molecule has 0 spiro atoms. The maximum absolute atomic E-state index is 12.2. The molecular formula is C15H15BrN2O2. The number of nitrogens with one attached hydrogen (secondary N) is 1. The second-order valence-electron chi connectivity index (χ2n) is 4.48. The van der Waals surface area contributed by atoms with Crippen molar-refractivity contribution < 1.29 is 9.53 Å². The Labute approximate surface area is 126 Å². The number of anilines is 1. The summed E-state index contributed by atoms with van der Waals surface area (Å²) in [6.45, 7) is 1.79. The molecule has 1 aromatic carbocycles. The highest BCUT2D eigenvalue weighted by atomic mass is 79.9. The van der Waals surface area contributed by atoms with Crippen LogP contribution in [0, 0.1) is 0 Å². The first-order valence-electron chi connectivity index (χ1n) is 6.09. The largest absolute Gasteiger partial charge is 0.467 e. The standard InChI is InChI=1S/C15H15BrN2O2/c1-15(14(19)20-2,11-7-9-17-10-8-11)18-13-5-3-12(16)4-6-13/h3-10,18H,1-2H3. The number of hydrogen-bond donors (Lipinski definition) is 1. The highest BCUT2D eigenvalue weighted by Crippen LogP contribution is 2.27. The SMILES string of the molecule is COC(=O)C(C)(Nc1ccc(Br)cc1)c1ccncc1. The van der Waals surface area contributed by atoms with Crippen LogP contribution >= 0.6 is 15.9 Å². The molecule has 5 heteroatoms. The van der Waals surface area contributed by atoms with Crippen LogP contribution in [0.5, 0.6) is 0 Å². The average Bonchev–Trinajstić information content (AvgIpc) is 2.49. The van der Waals surface area contributed by atoms with Crippen molar-refractivity contribution in [1.82, 2.24) is 4.98 Å². The molecule has 1 heterocycles. The molecule has 20 heavy (non-hydrogen) atoms. The number of esters is 1. The average molecular weight is 335 g/mol. The number of aromatic nitrogens is 1. The van der Waals surface area contributed by atoms with E-state index >= 15 is 0 Å². The first-order valence-corrected chi connectivity index (χ1v) is 6.88.